The van der Waals surface area contributed by atoms with Crippen molar-refractivity contribution >= 4 is 17.5 Å². The first-order valence-electron chi connectivity index (χ1n) is 9.68. The van der Waals surface area contributed by atoms with E-state index in [1.807, 2.05) is 41.1 Å². The lowest BCUT2D eigenvalue weighted by atomic mass is 9.90. The summed E-state index contributed by atoms with van der Waals surface area (Å²) in [5.41, 5.74) is 1.39. The van der Waals surface area contributed by atoms with E-state index in [1.165, 1.54) is 18.2 Å². The number of carbonyl (C=O) groups is 2. The number of methoxy groups -OCH3 is 1. The maximum atomic E-state index is 13.8. The highest BCUT2D eigenvalue weighted by atomic mass is 19.1. The van der Waals surface area contributed by atoms with E-state index < -0.39 is 5.66 Å². The van der Waals surface area contributed by atoms with Crippen LogP contribution in [0.4, 0.5) is 10.1 Å². The molecule has 1 N–H and O–H groups in total. The number of ether oxygens (including phenoxy) is 1. The zero-order chi connectivity index (χ0) is 20.6. The van der Waals surface area contributed by atoms with E-state index >= 15 is 0 Å². The van der Waals surface area contributed by atoms with E-state index in [0.717, 1.165) is 11.3 Å². The minimum absolute atomic E-state index is 0.0567. The second-order valence-electron chi connectivity index (χ2n) is 7.61. The van der Waals surface area contributed by atoms with E-state index in [0.29, 0.717) is 43.6 Å². The van der Waals surface area contributed by atoms with E-state index in [9.17, 15) is 14.0 Å². The fourth-order valence-electron chi connectivity index (χ4n) is 4.18. The molecule has 6 nitrogen and oxygen atoms in total. The van der Waals surface area contributed by atoms with Gasteiger partial charge in [-0.2, -0.15) is 0 Å². The summed E-state index contributed by atoms with van der Waals surface area (Å²) < 4.78 is 18.9. The normalized spacial score (nSPS) is 17.7. The number of hydrogen-bond acceptors (Lipinski definition) is 4. The van der Waals surface area contributed by atoms with Gasteiger partial charge in [0, 0.05) is 33.0 Å². The van der Waals surface area contributed by atoms with Crippen LogP contribution >= 0.6 is 0 Å². The zero-order valence-corrected chi connectivity index (χ0v) is 16.6. The quantitative estimate of drug-likeness (QED) is 0.865. The van der Waals surface area contributed by atoms with Crippen LogP contribution in [0.25, 0.3) is 0 Å². The molecule has 1 saturated heterocycles. The van der Waals surface area contributed by atoms with Crippen LogP contribution in [0.5, 0.6) is 5.75 Å². The molecule has 0 atom stereocenters. The number of fused-ring (bicyclic) bond motifs is 1. The highest BCUT2D eigenvalue weighted by molar-refractivity contribution is 6.02. The molecule has 0 aliphatic carbocycles. The fraction of sp³-hybridized carbons (Fsp3) is 0.364. The van der Waals surface area contributed by atoms with Crippen molar-refractivity contribution < 1.29 is 18.7 Å². The molecule has 2 aromatic rings. The molecule has 7 heteroatoms. The molecular weight excluding hydrogens is 373 g/mol. The van der Waals surface area contributed by atoms with Crippen molar-refractivity contribution in [3.05, 3.63) is 59.4 Å². The summed E-state index contributed by atoms with van der Waals surface area (Å²) in [5, 5.41) is 3.09. The molecule has 152 valence electrons. The average Bonchev–Trinajstić information content (AvgIpc) is 2.73. The summed E-state index contributed by atoms with van der Waals surface area (Å²) in [7, 11) is 3.48. The molecule has 2 aliphatic heterocycles. The van der Waals surface area contributed by atoms with Crippen LogP contribution in [0.3, 0.4) is 0 Å². The summed E-state index contributed by atoms with van der Waals surface area (Å²) >= 11 is 0. The van der Waals surface area contributed by atoms with E-state index in [4.69, 9.17) is 4.74 Å². The topological polar surface area (TPSA) is 61.9 Å². The molecule has 0 aromatic heterocycles. The van der Waals surface area contributed by atoms with Crippen molar-refractivity contribution in [3.8, 4) is 5.75 Å². The molecule has 4 rings (SSSR count). The van der Waals surface area contributed by atoms with Crippen LogP contribution in [-0.4, -0.2) is 49.6 Å². The van der Waals surface area contributed by atoms with Gasteiger partial charge >= 0.3 is 0 Å². The Bertz CT molecular complexity index is 937. The molecular formula is C22H24FN3O3. The maximum absolute atomic E-state index is 13.8. The standard InChI is InChI=1S/C22H24FN3O3/c1-25-19-14-16(23)5-8-18(19)21(28)24-22(25)9-11-26(12-10-22)20(27)13-15-3-6-17(29-2)7-4-15/h3-8,14H,9-13H2,1-2H3,(H,24,28). The van der Waals surface area contributed by atoms with Gasteiger partial charge in [-0.15, -0.1) is 0 Å². The molecule has 0 saturated carbocycles. The van der Waals surface area contributed by atoms with Crippen molar-refractivity contribution in [3.63, 3.8) is 0 Å². The molecule has 1 spiro atoms. The van der Waals surface area contributed by atoms with Crippen LogP contribution in [0.15, 0.2) is 42.5 Å². The molecule has 29 heavy (non-hydrogen) atoms. The molecule has 0 unspecified atom stereocenters. The van der Waals surface area contributed by atoms with Gasteiger partial charge in [0.05, 0.1) is 24.8 Å². The largest absolute Gasteiger partial charge is 0.497 e. The van der Waals surface area contributed by atoms with E-state index in [1.54, 1.807) is 7.11 Å². The van der Waals surface area contributed by atoms with Gasteiger partial charge in [-0.3, -0.25) is 9.59 Å². The number of rotatable bonds is 3. The Kier molecular flexibility index (Phi) is 4.90. The number of benzene rings is 2. The summed E-state index contributed by atoms with van der Waals surface area (Å²) in [6.07, 6.45) is 1.49. The number of anilines is 1. The Morgan fingerprint density at radius 2 is 1.86 bits per heavy atom. The minimum Gasteiger partial charge on any atom is -0.497 e. The molecule has 1 fully saturated rings. The van der Waals surface area contributed by atoms with Crippen molar-refractivity contribution in [2.75, 3.05) is 32.1 Å². The second kappa shape index (κ2) is 7.39. The number of halogens is 1. The first-order chi connectivity index (χ1) is 13.9. The van der Waals surface area contributed by atoms with Crippen LogP contribution in [-0.2, 0) is 11.2 Å². The Hall–Kier alpha value is -3.09. The van der Waals surface area contributed by atoms with Crippen LogP contribution in [0.2, 0.25) is 0 Å². The molecule has 2 aromatic carbocycles. The van der Waals surface area contributed by atoms with Gasteiger partial charge in [-0.05, 0) is 35.9 Å². The summed E-state index contributed by atoms with van der Waals surface area (Å²) in [4.78, 5) is 29.1. The van der Waals surface area contributed by atoms with Gasteiger partial charge < -0.3 is 19.9 Å². The number of hydrogen-bond donors (Lipinski definition) is 1. The van der Waals surface area contributed by atoms with Crippen molar-refractivity contribution in [1.29, 1.82) is 0 Å². The lowest BCUT2D eigenvalue weighted by Crippen LogP contribution is -2.67. The smallest absolute Gasteiger partial charge is 0.255 e. The molecule has 0 radical (unpaired) electrons. The molecule has 2 amide bonds. The van der Waals surface area contributed by atoms with E-state index in [-0.39, 0.29) is 17.6 Å². The minimum atomic E-state index is -0.602. The van der Waals surface area contributed by atoms with Gasteiger partial charge in [0.25, 0.3) is 5.91 Å². The number of nitrogens with zero attached hydrogens (tertiary/aromatic N) is 2. The highest BCUT2D eigenvalue weighted by Gasteiger charge is 2.44. The summed E-state index contributed by atoms with van der Waals surface area (Å²) in [6, 6.07) is 11.7. The number of amides is 2. The van der Waals surface area contributed by atoms with Gasteiger partial charge in [0.2, 0.25) is 5.91 Å². The Morgan fingerprint density at radius 1 is 1.17 bits per heavy atom. The van der Waals surface area contributed by atoms with E-state index in [2.05, 4.69) is 5.32 Å². The van der Waals surface area contributed by atoms with Gasteiger partial charge in [0.15, 0.2) is 0 Å². The first kappa shape index (κ1) is 19.2. The van der Waals surface area contributed by atoms with Gasteiger partial charge in [0.1, 0.15) is 17.2 Å². The number of likely N-dealkylation sites (tertiary alicyclic amines) is 1. The average molecular weight is 397 g/mol. The number of piperidine rings is 1. The highest BCUT2D eigenvalue weighted by Crippen LogP contribution is 2.36. The zero-order valence-electron chi connectivity index (χ0n) is 16.6. The van der Waals surface area contributed by atoms with Crippen LogP contribution in [0.1, 0.15) is 28.8 Å². The summed E-state index contributed by atoms with van der Waals surface area (Å²) in [6.45, 7) is 1.06. The number of carbonyl (C=O) groups excluding carboxylic acids is 2. The maximum Gasteiger partial charge on any atom is 0.255 e. The SMILES string of the molecule is COc1ccc(CC(=O)N2CCC3(CC2)NC(=O)c2ccc(F)cc2N3C)cc1. The first-order valence-corrected chi connectivity index (χ1v) is 9.68. The third-order valence-electron chi connectivity index (χ3n) is 6.01. The Balaban J connectivity index is 1.44. The molecule has 2 aliphatic rings. The predicted molar refractivity (Wildman–Crippen MR) is 108 cm³/mol. The third kappa shape index (κ3) is 3.52. The lowest BCUT2D eigenvalue weighted by Gasteiger charge is -2.51. The van der Waals surface area contributed by atoms with Gasteiger partial charge in [-0.25, -0.2) is 4.39 Å². The fourth-order valence-corrected chi connectivity index (χ4v) is 4.18. The molecule has 2 heterocycles. The monoisotopic (exact) mass is 397 g/mol. The van der Waals surface area contributed by atoms with Crippen molar-refractivity contribution in [2.24, 2.45) is 0 Å². The van der Waals surface area contributed by atoms with Gasteiger partial charge in [-0.1, -0.05) is 12.1 Å². The summed E-state index contributed by atoms with van der Waals surface area (Å²) in [5.74, 6) is 0.249. The van der Waals surface area contributed by atoms with Crippen molar-refractivity contribution in [1.82, 2.24) is 10.2 Å². The van der Waals surface area contributed by atoms with Crippen LogP contribution in [0, 0.1) is 5.82 Å². The second-order valence-corrected chi connectivity index (χ2v) is 7.61. The molecule has 0 bridgehead atoms. The number of nitrogens with one attached hydrogen (secondary N) is 1. The Labute approximate surface area is 169 Å². The van der Waals surface area contributed by atoms with Crippen LogP contribution < -0.4 is 15.0 Å². The predicted octanol–water partition coefficient (Wildman–Crippen LogP) is 2.58. The lowest BCUT2D eigenvalue weighted by molar-refractivity contribution is -0.132. The van der Waals surface area contributed by atoms with Crippen molar-refractivity contribution in [2.45, 2.75) is 24.9 Å². The third-order valence-corrected chi connectivity index (χ3v) is 6.01. The Morgan fingerprint density at radius 3 is 2.52 bits per heavy atom.